The van der Waals surface area contributed by atoms with Crippen LogP contribution in [0, 0.1) is 0 Å². The van der Waals surface area contributed by atoms with Crippen molar-refractivity contribution < 1.29 is 14.3 Å². The molecular weight excluding hydrogens is 360 g/mol. The topological polar surface area (TPSA) is 99.4 Å². The number of hydrogen-bond acceptors (Lipinski definition) is 8. The lowest BCUT2D eigenvalue weighted by molar-refractivity contribution is -0.118. The fourth-order valence-electron chi connectivity index (χ4n) is 2.56. The summed E-state index contributed by atoms with van der Waals surface area (Å²) in [7, 11) is 0. The van der Waals surface area contributed by atoms with Crippen molar-refractivity contribution >= 4 is 34.1 Å². The van der Waals surface area contributed by atoms with Crippen LogP contribution in [0.2, 0.25) is 0 Å². The lowest BCUT2D eigenvalue weighted by Crippen LogP contribution is -2.24. The summed E-state index contributed by atoms with van der Waals surface area (Å²) in [6.07, 6.45) is 1.05. The molecule has 0 saturated carbocycles. The highest BCUT2D eigenvalue weighted by Crippen LogP contribution is 2.35. The number of nitrogens with zero attached hydrogens (tertiary/aromatic N) is 2. The lowest BCUT2D eigenvalue weighted by Gasteiger charge is -2.13. The Balaban J connectivity index is 1.60. The summed E-state index contributed by atoms with van der Waals surface area (Å²) >= 11 is 2.59. The van der Waals surface area contributed by atoms with Crippen LogP contribution in [0.5, 0.6) is 11.5 Å². The molecule has 0 aliphatic carbocycles. The van der Waals surface area contributed by atoms with Crippen molar-refractivity contribution in [2.45, 2.75) is 37.3 Å². The van der Waals surface area contributed by atoms with Gasteiger partial charge >= 0.3 is 0 Å². The molecule has 0 radical (unpaired) electrons. The van der Waals surface area contributed by atoms with Gasteiger partial charge in [-0.05, 0) is 26.0 Å². The Hall–Kier alpha value is -2.00. The van der Waals surface area contributed by atoms with Crippen molar-refractivity contribution in [3.63, 3.8) is 0 Å². The molecule has 0 spiro atoms. The highest BCUT2D eigenvalue weighted by Gasteiger charge is 2.22. The van der Waals surface area contributed by atoms with Gasteiger partial charge < -0.3 is 20.5 Å². The SMILES string of the molecule is CCOc1cc2c(cc1CNC(=O)CSc1nnc(N)s1)O[C@H](C)C2. The van der Waals surface area contributed by atoms with Gasteiger partial charge in [0.2, 0.25) is 11.0 Å². The van der Waals surface area contributed by atoms with Crippen molar-refractivity contribution in [3.05, 3.63) is 23.3 Å². The van der Waals surface area contributed by atoms with E-state index in [1.807, 2.05) is 26.0 Å². The van der Waals surface area contributed by atoms with Crippen LogP contribution in [0.3, 0.4) is 0 Å². The molecule has 2 heterocycles. The maximum atomic E-state index is 12.1. The number of benzene rings is 1. The zero-order chi connectivity index (χ0) is 17.8. The van der Waals surface area contributed by atoms with Crippen LogP contribution in [0.25, 0.3) is 0 Å². The minimum absolute atomic E-state index is 0.0870. The Morgan fingerprint density at radius 3 is 3.08 bits per heavy atom. The van der Waals surface area contributed by atoms with E-state index in [4.69, 9.17) is 15.2 Å². The summed E-state index contributed by atoms with van der Waals surface area (Å²) < 4.78 is 12.2. The van der Waals surface area contributed by atoms with Crippen molar-refractivity contribution in [1.82, 2.24) is 15.5 Å². The highest BCUT2D eigenvalue weighted by atomic mass is 32.2. The maximum Gasteiger partial charge on any atom is 0.230 e. The first-order chi connectivity index (χ1) is 12.0. The van der Waals surface area contributed by atoms with Gasteiger partial charge in [-0.15, -0.1) is 10.2 Å². The van der Waals surface area contributed by atoms with Gasteiger partial charge in [-0.3, -0.25) is 4.79 Å². The summed E-state index contributed by atoms with van der Waals surface area (Å²) in [6.45, 7) is 4.95. The van der Waals surface area contributed by atoms with Crippen LogP contribution in [0.15, 0.2) is 16.5 Å². The van der Waals surface area contributed by atoms with E-state index in [0.29, 0.717) is 22.6 Å². The van der Waals surface area contributed by atoms with E-state index in [1.165, 1.54) is 23.1 Å². The van der Waals surface area contributed by atoms with Crippen LogP contribution in [0.1, 0.15) is 25.0 Å². The zero-order valence-corrected chi connectivity index (χ0v) is 15.7. The van der Waals surface area contributed by atoms with E-state index in [1.54, 1.807) is 0 Å². The summed E-state index contributed by atoms with van der Waals surface area (Å²) in [4.78, 5) is 12.1. The Kier molecular flexibility index (Phi) is 5.64. The van der Waals surface area contributed by atoms with Gasteiger partial charge in [0, 0.05) is 24.1 Å². The van der Waals surface area contributed by atoms with Crippen LogP contribution in [-0.2, 0) is 17.8 Å². The van der Waals surface area contributed by atoms with Gasteiger partial charge in [-0.25, -0.2) is 0 Å². The van der Waals surface area contributed by atoms with Crippen LogP contribution >= 0.6 is 23.1 Å². The molecule has 9 heteroatoms. The zero-order valence-electron chi connectivity index (χ0n) is 14.1. The van der Waals surface area contributed by atoms with E-state index in [2.05, 4.69) is 15.5 Å². The molecule has 0 unspecified atom stereocenters. The van der Waals surface area contributed by atoms with Gasteiger partial charge in [0.1, 0.15) is 17.6 Å². The average molecular weight is 380 g/mol. The third kappa shape index (κ3) is 4.55. The molecule has 134 valence electrons. The molecule has 1 aromatic carbocycles. The van der Waals surface area contributed by atoms with Gasteiger partial charge in [0.25, 0.3) is 0 Å². The second kappa shape index (κ2) is 7.92. The van der Waals surface area contributed by atoms with E-state index < -0.39 is 0 Å². The highest BCUT2D eigenvalue weighted by molar-refractivity contribution is 8.01. The summed E-state index contributed by atoms with van der Waals surface area (Å²) in [5, 5.41) is 10.9. The number of ether oxygens (including phenoxy) is 2. The third-order valence-electron chi connectivity index (χ3n) is 3.60. The molecule has 3 N–H and O–H groups in total. The van der Waals surface area contributed by atoms with Crippen molar-refractivity contribution in [3.8, 4) is 11.5 Å². The van der Waals surface area contributed by atoms with Gasteiger partial charge in [0.15, 0.2) is 4.34 Å². The Bertz CT molecular complexity index is 766. The van der Waals surface area contributed by atoms with Crippen molar-refractivity contribution in [1.29, 1.82) is 0 Å². The first-order valence-electron chi connectivity index (χ1n) is 7.99. The number of thioether (sulfide) groups is 1. The predicted octanol–water partition coefficient (Wildman–Crippen LogP) is 2.25. The summed E-state index contributed by atoms with van der Waals surface area (Å²) in [5.41, 5.74) is 7.58. The number of amides is 1. The van der Waals surface area contributed by atoms with Crippen LogP contribution in [-0.4, -0.2) is 34.6 Å². The number of nitrogens with two attached hydrogens (primary N) is 1. The number of fused-ring (bicyclic) bond motifs is 1. The van der Waals surface area contributed by atoms with E-state index >= 15 is 0 Å². The Morgan fingerprint density at radius 2 is 2.36 bits per heavy atom. The molecule has 1 aliphatic heterocycles. The molecule has 1 aliphatic rings. The molecule has 7 nitrogen and oxygen atoms in total. The van der Waals surface area contributed by atoms with E-state index in [0.717, 1.165) is 29.0 Å². The molecule has 0 saturated heterocycles. The Morgan fingerprint density at radius 1 is 1.52 bits per heavy atom. The minimum Gasteiger partial charge on any atom is -0.494 e. The molecular formula is C16H20N4O3S2. The molecule has 0 fully saturated rings. The summed E-state index contributed by atoms with van der Waals surface area (Å²) in [6, 6.07) is 3.98. The van der Waals surface area contributed by atoms with Gasteiger partial charge in [0.05, 0.1) is 12.4 Å². The van der Waals surface area contributed by atoms with Crippen LogP contribution < -0.4 is 20.5 Å². The first kappa shape index (κ1) is 17.8. The minimum atomic E-state index is -0.0870. The van der Waals surface area contributed by atoms with E-state index in [9.17, 15) is 4.79 Å². The van der Waals surface area contributed by atoms with Crippen molar-refractivity contribution in [2.24, 2.45) is 0 Å². The number of anilines is 1. The quantitative estimate of drug-likeness (QED) is 0.711. The first-order valence-corrected chi connectivity index (χ1v) is 9.79. The lowest BCUT2D eigenvalue weighted by atomic mass is 10.1. The number of nitrogens with one attached hydrogen (secondary N) is 1. The number of rotatable bonds is 7. The molecule has 2 aromatic rings. The summed E-state index contributed by atoms with van der Waals surface area (Å²) in [5.74, 6) is 1.84. The second-order valence-electron chi connectivity index (χ2n) is 5.60. The number of carbonyl (C=O) groups is 1. The number of carbonyl (C=O) groups excluding carboxylic acids is 1. The largest absolute Gasteiger partial charge is 0.494 e. The molecule has 1 aromatic heterocycles. The smallest absolute Gasteiger partial charge is 0.230 e. The second-order valence-corrected chi connectivity index (χ2v) is 7.84. The number of hydrogen-bond donors (Lipinski definition) is 2. The maximum absolute atomic E-state index is 12.1. The predicted molar refractivity (Wildman–Crippen MR) is 98.3 cm³/mol. The van der Waals surface area contributed by atoms with Gasteiger partial charge in [-0.1, -0.05) is 23.1 Å². The van der Waals surface area contributed by atoms with E-state index in [-0.39, 0.29) is 17.8 Å². The molecule has 1 amide bonds. The third-order valence-corrected chi connectivity index (χ3v) is 5.49. The van der Waals surface area contributed by atoms with Gasteiger partial charge in [-0.2, -0.15) is 0 Å². The fraction of sp³-hybridized carbons (Fsp3) is 0.438. The molecule has 3 rings (SSSR count). The molecule has 1 atom stereocenters. The number of nitrogen functional groups attached to an aromatic ring is 1. The molecule has 0 bridgehead atoms. The Labute approximate surface area is 154 Å². The van der Waals surface area contributed by atoms with Crippen molar-refractivity contribution in [2.75, 3.05) is 18.1 Å². The standard InChI is InChI=1S/C16H20N4O3S2/c1-3-22-12-5-10-4-9(2)23-13(10)6-11(12)7-18-14(21)8-24-16-20-19-15(17)25-16/h5-6,9H,3-4,7-8H2,1-2H3,(H2,17,19)(H,18,21)/t9-/m1/s1. The molecule has 25 heavy (non-hydrogen) atoms. The van der Waals surface area contributed by atoms with Crippen LogP contribution in [0.4, 0.5) is 5.13 Å². The monoisotopic (exact) mass is 380 g/mol. The fourth-order valence-corrected chi connectivity index (χ4v) is 4.03. The number of aromatic nitrogens is 2. The average Bonchev–Trinajstić information content (AvgIpc) is 3.15. The normalized spacial score (nSPS) is 15.5.